The molecule has 29 heavy (non-hydrogen) atoms. The SMILES string of the molecule is CC(=O)OCC(CCOCc1ccccc1)(COC(C)=O)COC1CCCCO1. The smallest absolute Gasteiger partial charge is 0.302 e. The minimum Gasteiger partial charge on any atom is -0.465 e. The normalized spacial score (nSPS) is 17.0. The van der Waals surface area contributed by atoms with Crippen molar-refractivity contribution < 1.29 is 33.3 Å². The van der Waals surface area contributed by atoms with E-state index in [2.05, 4.69) is 0 Å². The summed E-state index contributed by atoms with van der Waals surface area (Å²) in [6.45, 7) is 4.67. The summed E-state index contributed by atoms with van der Waals surface area (Å²) in [5.41, 5.74) is 0.374. The molecule has 0 amide bonds. The number of hydrogen-bond donors (Lipinski definition) is 0. The van der Waals surface area contributed by atoms with E-state index in [1.54, 1.807) is 0 Å². The van der Waals surface area contributed by atoms with Crippen LogP contribution >= 0.6 is 0 Å². The monoisotopic (exact) mass is 408 g/mol. The van der Waals surface area contributed by atoms with Gasteiger partial charge in [0.2, 0.25) is 0 Å². The van der Waals surface area contributed by atoms with Crippen LogP contribution in [0, 0.1) is 5.41 Å². The van der Waals surface area contributed by atoms with Crippen LogP contribution in [0.25, 0.3) is 0 Å². The van der Waals surface area contributed by atoms with Crippen LogP contribution in [0.4, 0.5) is 0 Å². The van der Waals surface area contributed by atoms with Crippen LogP contribution in [0.2, 0.25) is 0 Å². The molecule has 0 N–H and O–H groups in total. The van der Waals surface area contributed by atoms with Gasteiger partial charge >= 0.3 is 11.9 Å². The summed E-state index contributed by atoms with van der Waals surface area (Å²) in [5, 5.41) is 0. The summed E-state index contributed by atoms with van der Waals surface area (Å²) in [4.78, 5) is 22.8. The highest BCUT2D eigenvalue weighted by Gasteiger charge is 2.35. The second-order valence-corrected chi connectivity index (χ2v) is 7.46. The van der Waals surface area contributed by atoms with Crippen molar-refractivity contribution >= 4 is 11.9 Å². The van der Waals surface area contributed by atoms with Gasteiger partial charge in [0.25, 0.3) is 0 Å². The molecule has 1 fully saturated rings. The van der Waals surface area contributed by atoms with E-state index in [9.17, 15) is 9.59 Å². The molecule has 7 heteroatoms. The Morgan fingerprint density at radius 2 is 1.72 bits per heavy atom. The molecule has 1 aromatic rings. The summed E-state index contributed by atoms with van der Waals surface area (Å²) in [6, 6.07) is 9.87. The molecule has 0 aromatic heterocycles. The number of hydrogen-bond acceptors (Lipinski definition) is 7. The molecule has 1 heterocycles. The van der Waals surface area contributed by atoms with E-state index in [1.165, 1.54) is 13.8 Å². The zero-order chi connectivity index (χ0) is 21.0. The van der Waals surface area contributed by atoms with Crippen molar-refractivity contribution in [1.82, 2.24) is 0 Å². The number of ether oxygens (including phenoxy) is 5. The van der Waals surface area contributed by atoms with Crippen LogP contribution in [-0.2, 0) is 39.9 Å². The molecule has 0 saturated carbocycles. The van der Waals surface area contributed by atoms with E-state index < -0.39 is 17.4 Å². The Labute approximate surface area is 172 Å². The molecule has 0 aliphatic carbocycles. The zero-order valence-corrected chi connectivity index (χ0v) is 17.4. The first-order valence-corrected chi connectivity index (χ1v) is 10.1. The summed E-state index contributed by atoms with van der Waals surface area (Å²) >= 11 is 0. The molecular weight excluding hydrogens is 376 g/mol. The number of benzene rings is 1. The average Bonchev–Trinajstić information content (AvgIpc) is 2.73. The van der Waals surface area contributed by atoms with Gasteiger partial charge in [-0.25, -0.2) is 0 Å². The first kappa shape index (κ1) is 23.3. The Kier molecular flexibility index (Phi) is 10.1. The highest BCUT2D eigenvalue weighted by Crippen LogP contribution is 2.27. The van der Waals surface area contributed by atoms with Gasteiger partial charge in [0, 0.05) is 27.1 Å². The third-order valence-electron chi connectivity index (χ3n) is 4.76. The average molecular weight is 408 g/mol. The first-order chi connectivity index (χ1) is 14.0. The van der Waals surface area contributed by atoms with Crippen LogP contribution in [0.1, 0.15) is 45.1 Å². The fourth-order valence-corrected chi connectivity index (χ4v) is 3.02. The minimum atomic E-state index is -0.700. The first-order valence-electron chi connectivity index (χ1n) is 10.1. The highest BCUT2D eigenvalue weighted by molar-refractivity contribution is 5.66. The van der Waals surface area contributed by atoms with Crippen molar-refractivity contribution in [3.63, 3.8) is 0 Å². The summed E-state index contributed by atoms with van der Waals surface area (Å²) in [6.07, 6.45) is 3.11. The van der Waals surface area contributed by atoms with Gasteiger partial charge in [-0.1, -0.05) is 30.3 Å². The second kappa shape index (κ2) is 12.6. The molecular formula is C22H32O7. The Bertz CT molecular complexity index is 593. The lowest BCUT2D eigenvalue weighted by Crippen LogP contribution is -2.41. The van der Waals surface area contributed by atoms with Crippen LogP contribution in [0.5, 0.6) is 0 Å². The van der Waals surface area contributed by atoms with Crippen LogP contribution < -0.4 is 0 Å². The third-order valence-corrected chi connectivity index (χ3v) is 4.76. The Morgan fingerprint density at radius 3 is 2.31 bits per heavy atom. The third kappa shape index (κ3) is 9.39. The molecule has 1 atom stereocenters. The lowest BCUT2D eigenvalue weighted by Gasteiger charge is -2.34. The summed E-state index contributed by atoms with van der Waals surface area (Å²) in [7, 11) is 0. The molecule has 1 aromatic carbocycles. The van der Waals surface area contributed by atoms with Crippen molar-refractivity contribution in [2.24, 2.45) is 5.41 Å². The lowest BCUT2D eigenvalue weighted by atomic mass is 9.87. The van der Waals surface area contributed by atoms with Gasteiger partial charge in [0.15, 0.2) is 6.29 Å². The molecule has 162 valence electrons. The van der Waals surface area contributed by atoms with Crippen LogP contribution in [0.3, 0.4) is 0 Å². The molecule has 7 nitrogen and oxygen atoms in total. The quantitative estimate of drug-likeness (QED) is 0.388. The van der Waals surface area contributed by atoms with Crippen LogP contribution in [-0.4, -0.2) is 51.3 Å². The highest BCUT2D eigenvalue weighted by atomic mass is 16.7. The van der Waals surface area contributed by atoms with Gasteiger partial charge < -0.3 is 23.7 Å². The maximum absolute atomic E-state index is 11.4. The standard InChI is InChI=1S/C22H32O7/c1-18(23)27-15-22(16-28-19(2)24,17-29-21-10-6-7-12-26-21)11-13-25-14-20-8-4-3-5-9-20/h3-5,8-9,21H,6-7,10-17H2,1-2H3. The van der Waals surface area contributed by atoms with Gasteiger partial charge in [-0.15, -0.1) is 0 Å². The largest absolute Gasteiger partial charge is 0.465 e. The fraction of sp³-hybridized carbons (Fsp3) is 0.636. The van der Waals surface area contributed by atoms with Crippen molar-refractivity contribution in [2.75, 3.05) is 33.0 Å². The predicted octanol–water partition coefficient (Wildman–Crippen LogP) is 3.25. The summed E-state index contributed by atoms with van der Waals surface area (Å²) < 4.78 is 28.0. The fourth-order valence-electron chi connectivity index (χ4n) is 3.02. The van der Waals surface area contributed by atoms with E-state index in [-0.39, 0.29) is 26.1 Å². The Morgan fingerprint density at radius 1 is 1.03 bits per heavy atom. The van der Waals surface area contributed by atoms with Gasteiger partial charge in [-0.3, -0.25) is 9.59 Å². The zero-order valence-electron chi connectivity index (χ0n) is 17.4. The second-order valence-electron chi connectivity index (χ2n) is 7.46. The van der Waals surface area contributed by atoms with Crippen molar-refractivity contribution in [3.8, 4) is 0 Å². The number of carbonyl (C=O) groups is 2. The molecule has 1 aliphatic rings. The number of rotatable bonds is 12. The van der Waals surface area contributed by atoms with Crippen molar-refractivity contribution in [3.05, 3.63) is 35.9 Å². The Hall–Kier alpha value is -1.96. The predicted molar refractivity (Wildman–Crippen MR) is 106 cm³/mol. The summed E-state index contributed by atoms with van der Waals surface area (Å²) in [5.74, 6) is -0.785. The molecule has 1 saturated heterocycles. The van der Waals surface area contributed by atoms with E-state index in [4.69, 9.17) is 23.7 Å². The van der Waals surface area contributed by atoms with Gasteiger partial charge in [0.1, 0.15) is 13.2 Å². The Balaban J connectivity index is 1.97. The van der Waals surface area contributed by atoms with E-state index in [0.717, 1.165) is 24.8 Å². The molecule has 0 spiro atoms. The van der Waals surface area contributed by atoms with E-state index >= 15 is 0 Å². The van der Waals surface area contributed by atoms with Gasteiger partial charge in [-0.05, 0) is 31.2 Å². The topological polar surface area (TPSA) is 80.3 Å². The molecule has 0 bridgehead atoms. The molecule has 0 radical (unpaired) electrons. The number of esters is 2. The van der Waals surface area contributed by atoms with Gasteiger partial charge in [0.05, 0.1) is 18.6 Å². The van der Waals surface area contributed by atoms with Crippen LogP contribution in [0.15, 0.2) is 30.3 Å². The van der Waals surface area contributed by atoms with Gasteiger partial charge in [-0.2, -0.15) is 0 Å². The number of carbonyl (C=O) groups excluding carboxylic acids is 2. The maximum atomic E-state index is 11.4. The van der Waals surface area contributed by atoms with E-state index in [0.29, 0.717) is 26.2 Å². The van der Waals surface area contributed by atoms with E-state index in [1.807, 2.05) is 30.3 Å². The maximum Gasteiger partial charge on any atom is 0.302 e. The minimum absolute atomic E-state index is 0.0804. The molecule has 2 rings (SSSR count). The van der Waals surface area contributed by atoms with Crippen molar-refractivity contribution in [2.45, 2.75) is 52.4 Å². The molecule has 1 aliphatic heterocycles. The molecule has 1 unspecified atom stereocenters. The van der Waals surface area contributed by atoms with Crippen molar-refractivity contribution in [1.29, 1.82) is 0 Å². The lowest BCUT2D eigenvalue weighted by molar-refractivity contribution is -0.195.